The first kappa shape index (κ1) is 17.0. The van der Waals surface area contributed by atoms with Crippen molar-refractivity contribution in [2.45, 2.75) is 13.8 Å². The molecule has 0 amide bonds. The fourth-order valence-corrected chi connectivity index (χ4v) is 3.02. The van der Waals surface area contributed by atoms with E-state index >= 15 is 0 Å². The molecule has 0 spiro atoms. The van der Waals surface area contributed by atoms with Crippen LogP contribution >= 0.6 is 15.9 Å². The molecule has 126 valence electrons. The van der Waals surface area contributed by atoms with Crippen LogP contribution in [-0.2, 0) is 4.79 Å². The summed E-state index contributed by atoms with van der Waals surface area (Å²) in [6.07, 6.45) is 0. The van der Waals surface area contributed by atoms with Gasteiger partial charge in [-0.3, -0.25) is 4.79 Å². The van der Waals surface area contributed by atoms with E-state index < -0.39 is 0 Å². The number of pyridine rings is 1. The number of aromatic amines is 1. The van der Waals surface area contributed by atoms with E-state index in [1.165, 1.54) is 6.92 Å². The van der Waals surface area contributed by atoms with Gasteiger partial charge in [-0.1, -0.05) is 16.8 Å². The average Bonchev–Trinajstić information content (AvgIpc) is 2.95. The Balaban J connectivity index is 2.03. The molecule has 0 aliphatic carbocycles. The minimum atomic E-state index is -0.354. The van der Waals surface area contributed by atoms with Gasteiger partial charge in [0.2, 0.25) is 5.82 Å². The first-order chi connectivity index (χ1) is 12.0. The van der Waals surface area contributed by atoms with Crippen molar-refractivity contribution in [3.8, 4) is 22.7 Å². The molecule has 2 heterocycles. The highest BCUT2D eigenvalue weighted by molar-refractivity contribution is 9.10. The van der Waals surface area contributed by atoms with E-state index in [1.807, 2.05) is 37.3 Å². The Kier molecular flexibility index (Phi) is 4.70. The van der Waals surface area contributed by atoms with Crippen LogP contribution in [0.3, 0.4) is 0 Å². The van der Waals surface area contributed by atoms with E-state index in [4.69, 9.17) is 4.74 Å². The molecule has 7 heteroatoms. The number of rotatable bonds is 3. The Hall–Kier alpha value is -2.89. The summed E-state index contributed by atoms with van der Waals surface area (Å²) in [5.41, 5.74) is 3.41. The van der Waals surface area contributed by atoms with Crippen molar-refractivity contribution >= 4 is 28.6 Å². The number of hydrogen-bond acceptors (Lipinski definition) is 3. The normalized spacial score (nSPS) is 10.4. The summed E-state index contributed by atoms with van der Waals surface area (Å²) in [7, 11) is 0. The van der Waals surface area contributed by atoms with E-state index in [1.54, 1.807) is 16.8 Å². The molecule has 6 nitrogen and oxygen atoms in total. The van der Waals surface area contributed by atoms with E-state index in [2.05, 4.69) is 37.4 Å². The average molecular weight is 400 g/mol. The number of carbonyl (C=O) groups is 1. The van der Waals surface area contributed by atoms with Gasteiger partial charge in [-0.05, 0) is 46.6 Å². The number of hydrogen-bond donors (Lipinski definition) is 1. The topological polar surface area (TPSA) is 74.0 Å². The third-order valence-corrected chi connectivity index (χ3v) is 4.10. The van der Waals surface area contributed by atoms with Gasteiger partial charge in [0.25, 0.3) is 0 Å². The lowest BCUT2D eigenvalue weighted by Gasteiger charge is -2.07. The molecule has 0 unspecified atom stereocenters. The molecule has 0 aliphatic rings. The molecular weight excluding hydrogens is 384 g/mol. The van der Waals surface area contributed by atoms with Gasteiger partial charge in [-0.2, -0.15) is 4.98 Å². The van der Waals surface area contributed by atoms with Gasteiger partial charge in [0.1, 0.15) is 10.4 Å². The van der Waals surface area contributed by atoms with Gasteiger partial charge in [0, 0.05) is 18.6 Å². The Labute approximate surface area is 152 Å². The number of ether oxygens (including phenoxy) is 1. The minimum absolute atomic E-state index is 0.354. The van der Waals surface area contributed by atoms with Gasteiger partial charge in [0.15, 0.2) is 6.72 Å². The van der Waals surface area contributed by atoms with Crippen LogP contribution in [0.2, 0.25) is 0 Å². The fraction of sp³-hybridized carbons (Fsp3) is 0.111. The second kappa shape index (κ2) is 6.93. The maximum Gasteiger partial charge on any atom is 0.400 e. The maximum absolute atomic E-state index is 11.1. The monoisotopic (exact) mass is 399 g/mol. The first-order valence-electron chi connectivity index (χ1n) is 7.52. The van der Waals surface area contributed by atoms with Gasteiger partial charge >= 0.3 is 11.5 Å². The number of halogens is 1. The zero-order valence-electron chi connectivity index (χ0n) is 13.8. The predicted molar refractivity (Wildman–Crippen MR) is 99.5 cm³/mol. The second-order valence-corrected chi connectivity index (χ2v) is 6.17. The summed E-state index contributed by atoms with van der Waals surface area (Å²) in [5.74, 6) is 0.823. The molecule has 3 aromatic rings. The van der Waals surface area contributed by atoms with Crippen molar-refractivity contribution in [3.63, 3.8) is 0 Å². The largest absolute Gasteiger partial charge is 0.427 e. The van der Waals surface area contributed by atoms with E-state index in [0.29, 0.717) is 21.7 Å². The zero-order chi connectivity index (χ0) is 18.0. The van der Waals surface area contributed by atoms with E-state index in [0.717, 1.165) is 16.8 Å². The molecule has 0 saturated carbocycles. The summed E-state index contributed by atoms with van der Waals surface area (Å²) in [4.78, 5) is 15.7. The lowest BCUT2D eigenvalue weighted by Crippen LogP contribution is -2.19. The molecule has 3 rings (SSSR count). The third-order valence-electron chi connectivity index (χ3n) is 3.49. The Bertz CT molecular complexity index is 1050. The molecule has 0 atom stereocenters. The van der Waals surface area contributed by atoms with Crippen molar-refractivity contribution in [1.82, 2.24) is 19.4 Å². The van der Waals surface area contributed by atoms with Crippen LogP contribution in [0.25, 0.3) is 16.9 Å². The lowest BCUT2D eigenvalue weighted by atomic mass is 10.1. The third kappa shape index (κ3) is 3.63. The number of benzene rings is 1. The highest BCUT2D eigenvalue weighted by atomic mass is 79.9. The van der Waals surface area contributed by atoms with Gasteiger partial charge in [-0.15, -0.1) is 0 Å². The number of H-pyrrole nitrogens is 1. The molecular formula is C18H16BrN4O2+. The Morgan fingerprint density at radius 1 is 1.32 bits per heavy atom. The molecule has 1 N–H and O–H groups in total. The molecule has 2 aromatic heterocycles. The molecule has 0 saturated heterocycles. The molecule has 0 fully saturated rings. The van der Waals surface area contributed by atoms with Gasteiger partial charge in [-0.25, -0.2) is 9.77 Å². The second-order valence-electron chi connectivity index (χ2n) is 5.42. The number of aromatic nitrogens is 3. The smallest absolute Gasteiger partial charge is 0.400 e. The Morgan fingerprint density at radius 2 is 2.12 bits per heavy atom. The SMILES string of the molecule is C=[N+]=c1cc(C)[nH]n1-c1ccc(-c2cccc(OC(C)=O)c2)c(Br)n1. The Morgan fingerprint density at radius 3 is 2.80 bits per heavy atom. The van der Waals surface area contributed by atoms with Crippen LogP contribution < -0.4 is 14.9 Å². The predicted octanol–water partition coefficient (Wildman–Crippen LogP) is 2.53. The fourth-order valence-electron chi connectivity index (χ4n) is 2.47. The maximum atomic E-state index is 11.1. The number of aryl methyl sites for hydroxylation is 1. The number of carbonyl (C=O) groups excluding carboxylic acids is 1. The molecule has 0 bridgehead atoms. The van der Waals surface area contributed by atoms with Crippen molar-refractivity contribution in [3.05, 3.63) is 58.2 Å². The standard InChI is InChI=1S/C18H15BrN4O2/c1-11-9-17(20-3)23(22-11)16-8-7-15(18(19)21-16)13-5-4-6-14(10-13)25-12(2)24/h4-10H,3H2,1-2H3/p+1. The summed E-state index contributed by atoms with van der Waals surface area (Å²) in [5, 5.41) is 3.17. The number of esters is 1. The summed E-state index contributed by atoms with van der Waals surface area (Å²) in [6, 6.07) is 13.0. The van der Waals surface area contributed by atoms with Crippen molar-refractivity contribution in [1.29, 1.82) is 0 Å². The summed E-state index contributed by atoms with van der Waals surface area (Å²) >= 11 is 3.52. The molecule has 0 aliphatic heterocycles. The van der Waals surface area contributed by atoms with Crippen LogP contribution in [0.5, 0.6) is 5.75 Å². The lowest BCUT2D eigenvalue weighted by molar-refractivity contribution is -0.131. The van der Waals surface area contributed by atoms with Gasteiger partial charge in [0.05, 0.1) is 11.8 Å². The summed E-state index contributed by atoms with van der Waals surface area (Å²) in [6.45, 7) is 6.89. The van der Waals surface area contributed by atoms with Gasteiger partial charge < -0.3 is 4.74 Å². The van der Waals surface area contributed by atoms with Crippen molar-refractivity contribution in [2.24, 2.45) is 0 Å². The quantitative estimate of drug-likeness (QED) is 0.241. The zero-order valence-corrected chi connectivity index (χ0v) is 15.4. The molecule has 0 radical (unpaired) electrons. The van der Waals surface area contributed by atoms with Crippen LogP contribution in [0.4, 0.5) is 0 Å². The molecule has 1 aromatic carbocycles. The molecule has 25 heavy (non-hydrogen) atoms. The van der Waals surface area contributed by atoms with Crippen molar-refractivity contribution in [2.75, 3.05) is 0 Å². The highest BCUT2D eigenvalue weighted by Gasteiger charge is 2.14. The number of nitrogens with zero attached hydrogens (tertiary/aromatic N) is 3. The first-order valence-corrected chi connectivity index (χ1v) is 8.31. The minimum Gasteiger partial charge on any atom is -0.427 e. The van der Waals surface area contributed by atoms with E-state index in [9.17, 15) is 4.79 Å². The van der Waals surface area contributed by atoms with Crippen molar-refractivity contribution < 1.29 is 9.53 Å². The van der Waals surface area contributed by atoms with Crippen LogP contribution in [0.1, 0.15) is 12.6 Å². The number of nitrogens with one attached hydrogen (secondary N) is 1. The highest BCUT2D eigenvalue weighted by Crippen LogP contribution is 2.30. The van der Waals surface area contributed by atoms with E-state index in [-0.39, 0.29) is 5.97 Å². The van der Waals surface area contributed by atoms with Crippen LogP contribution in [0, 0.1) is 6.92 Å². The van der Waals surface area contributed by atoms with Crippen LogP contribution in [-0.4, -0.2) is 27.5 Å². The summed E-state index contributed by atoms with van der Waals surface area (Å²) < 4.78 is 11.6. The van der Waals surface area contributed by atoms with Crippen LogP contribution in [0.15, 0.2) is 47.1 Å².